The summed E-state index contributed by atoms with van der Waals surface area (Å²) < 4.78 is 58.2. The molecule has 1 atom stereocenters. The van der Waals surface area contributed by atoms with Gasteiger partial charge < -0.3 is 15.0 Å². The van der Waals surface area contributed by atoms with Gasteiger partial charge in [-0.15, -0.1) is 11.3 Å². The van der Waals surface area contributed by atoms with Gasteiger partial charge in [-0.2, -0.15) is 0 Å². The topological polar surface area (TPSA) is 75.7 Å². The van der Waals surface area contributed by atoms with Crippen LogP contribution in [0.1, 0.15) is 34.3 Å². The average molecular weight is 499 g/mol. The number of nitrogens with zero attached hydrogens (tertiary/aromatic N) is 1. The molecule has 10 heteroatoms. The first kappa shape index (κ1) is 25.3. The van der Waals surface area contributed by atoms with E-state index >= 15 is 0 Å². The first-order valence-electron chi connectivity index (χ1n) is 10.6. The normalized spacial score (nSPS) is 15.7. The maximum Gasteiger partial charge on any atom is 0.279 e. The van der Waals surface area contributed by atoms with Crippen LogP contribution in [0, 0.1) is 5.92 Å². The molecule has 1 saturated carbocycles. The SMILES string of the molecule is CN(C)CCS(=O)(=O)/C=C/[C@@H](NC(=O)c1sc(C(C)(F)F)cc1Oc1ccccc1)C1CC1. The molecule has 0 bridgehead atoms. The molecule has 3 rings (SSSR count). The van der Waals surface area contributed by atoms with Gasteiger partial charge in [0.15, 0.2) is 15.6 Å². The van der Waals surface area contributed by atoms with E-state index < -0.39 is 27.7 Å². The van der Waals surface area contributed by atoms with Gasteiger partial charge in [-0.25, -0.2) is 17.2 Å². The van der Waals surface area contributed by atoms with Crippen molar-refractivity contribution in [1.82, 2.24) is 10.2 Å². The standard InChI is InChI=1S/C23H28F2N2O4S2/c1-23(24,25)20-15-19(31-17-7-5-4-6-8-17)21(32-20)22(28)26-18(16-9-10-16)11-13-33(29,30)14-12-27(2)3/h4-8,11,13,15-16,18H,9-10,12,14H2,1-3H3,(H,26,28)/b13-11+/t18-/m1/s1. The minimum Gasteiger partial charge on any atom is -0.456 e. The number of sulfone groups is 1. The van der Waals surface area contributed by atoms with Crippen molar-refractivity contribution in [3.05, 3.63) is 57.6 Å². The number of carbonyl (C=O) groups excluding carboxylic acids is 1. The Labute approximate surface area is 197 Å². The number of rotatable bonds is 11. The third-order valence-electron chi connectivity index (χ3n) is 5.05. The zero-order valence-corrected chi connectivity index (χ0v) is 20.4. The van der Waals surface area contributed by atoms with Crippen molar-refractivity contribution in [1.29, 1.82) is 0 Å². The highest BCUT2D eigenvalue weighted by atomic mass is 32.2. The van der Waals surface area contributed by atoms with E-state index in [0.717, 1.165) is 25.2 Å². The fraction of sp³-hybridized carbons (Fsp3) is 0.435. The smallest absolute Gasteiger partial charge is 0.279 e. The van der Waals surface area contributed by atoms with Crippen LogP contribution in [0.25, 0.3) is 0 Å². The number of amides is 1. The number of hydrogen-bond donors (Lipinski definition) is 1. The number of alkyl halides is 2. The van der Waals surface area contributed by atoms with E-state index in [2.05, 4.69) is 5.32 Å². The summed E-state index contributed by atoms with van der Waals surface area (Å²) >= 11 is 0.668. The highest BCUT2D eigenvalue weighted by Gasteiger charge is 2.34. The summed E-state index contributed by atoms with van der Waals surface area (Å²) in [6, 6.07) is 9.26. The molecule has 6 nitrogen and oxygen atoms in total. The van der Waals surface area contributed by atoms with Gasteiger partial charge in [-0.1, -0.05) is 24.3 Å². The van der Waals surface area contributed by atoms with Crippen LogP contribution in [0.15, 0.2) is 47.9 Å². The quantitative estimate of drug-likeness (QED) is 0.488. The second kappa shape index (κ2) is 10.3. The zero-order chi connectivity index (χ0) is 24.2. The maximum atomic E-state index is 14.0. The summed E-state index contributed by atoms with van der Waals surface area (Å²) in [6.45, 7) is 1.15. The summed E-state index contributed by atoms with van der Waals surface area (Å²) in [5.41, 5.74) is 0. The predicted molar refractivity (Wildman–Crippen MR) is 126 cm³/mol. The van der Waals surface area contributed by atoms with Crippen molar-refractivity contribution in [2.75, 3.05) is 26.4 Å². The Bertz CT molecular complexity index is 1090. The number of para-hydroxylation sites is 1. The summed E-state index contributed by atoms with van der Waals surface area (Å²) in [7, 11) is 0.140. The van der Waals surface area contributed by atoms with Crippen molar-refractivity contribution in [2.45, 2.75) is 31.7 Å². The average Bonchev–Trinajstić information content (AvgIpc) is 3.49. The highest BCUT2D eigenvalue weighted by Crippen LogP contribution is 2.41. The van der Waals surface area contributed by atoms with Gasteiger partial charge in [-0.05, 0) is 45.0 Å². The van der Waals surface area contributed by atoms with E-state index in [1.54, 1.807) is 49.3 Å². The third-order valence-corrected chi connectivity index (χ3v) is 7.66. The summed E-state index contributed by atoms with van der Waals surface area (Å²) in [5, 5.41) is 3.95. The van der Waals surface area contributed by atoms with Crippen molar-refractivity contribution >= 4 is 27.1 Å². The molecule has 0 radical (unpaired) electrons. The van der Waals surface area contributed by atoms with Crippen LogP contribution in [-0.4, -0.2) is 51.7 Å². The molecule has 180 valence electrons. The zero-order valence-electron chi connectivity index (χ0n) is 18.8. The lowest BCUT2D eigenvalue weighted by molar-refractivity contribution is 0.0214. The number of thiophene rings is 1. The van der Waals surface area contributed by atoms with Gasteiger partial charge in [0.05, 0.1) is 16.7 Å². The lowest BCUT2D eigenvalue weighted by Gasteiger charge is -2.15. The molecule has 1 aliphatic carbocycles. The number of carbonyl (C=O) groups is 1. The van der Waals surface area contributed by atoms with E-state index in [1.807, 2.05) is 0 Å². The maximum absolute atomic E-state index is 14.0. The molecule has 1 aliphatic rings. The van der Waals surface area contributed by atoms with Crippen LogP contribution in [0.4, 0.5) is 8.78 Å². The van der Waals surface area contributed by atoms with Crippen LogP contribution in [0.5, 0.6) is 11.5 Å². The van der Waals surface area contributed by atoms with Crippen LogP contribution in [-0.2, 0) is 15.8 Å². The fourth-order valence-electron chi connectivity index (χ4n) is 3.02. The minimum absolute atomic E-state index is 0.0184. The predicted octanol–water partition coefficient (Wildman–Crippen LogP) is 4.65. The van der Waals surface area contributed by atoms with Gasteiger partial charge >= 0.3 is 0 Å². The second-order valence-electron chi connectivity index (χ2n) is 8.44. The first-order valence-corrected chi connectivity index (χ1v) is 13.1. The van der Waals surface area contributed by atoms with Crippen molar-refractivity contribution in [2.24, 2.45) is 5.92 Å². The van der Waals surface area contributed by atoms with Crippen LogP contribution >= 0.6 is 11.3 Å². The van der Waals surface area contributed by atoms with Crippen LogP contribution < -0.4 is 10.1 Å². The number of ether oxygens (including phenoxy) is 1. The molecule has 2 aromatic rings. The first-order chi connectivity index (χ1) is 15.4. The molecule has 1 N–H and O–H groups in total. The minimum atomic E-state index is -3.44. The van der Waals surface area contributed by atoms with Gasteiger partial charge in [0, 0.05) is 24.9 Å². The fourth-order valence-corrected chi connectivity index (χ4v) is 5.10. The molecular weight excluding hydrogens is 470 g/mol. The van der Waals surface area contributed by atoms with E-state index in [-0.39, 0.29) is 27.2 Å². The molecule has 0 saturated heterocycles. The molecule has 1 heterocycles. The van der Waals surface area contributed by atoms with Crippen molar-refractivity contribution in [3.63, 3.8) is 0 Å². The molecule has 0 aliphatic heterocycles. The Kier molecular flexibility index (Phi) is 7.92. The van der Waals surface area contributed by atoms with E-state index in [0.29, 0.717) is 23.6 Å². The third kappa shape index (κ3) is 7.62. The molecule has 0 unspecified atom stereocenters. The molecule has 1 aromatic heterocycles. The number of halogens is 2. The van der Waals surface area contributed by atoms with E-state index in [4.69, 9.17) is 4.74 Å². The summed E-state index contributed by atoms with van der Waals surface area (Å²) in [6.07, 6.45) is 3.19. The Hall–Kier alpha value is -2.30. The molecule has 33 heavy (non-hydrogen) atoms. The second-order valence-corrected chi connectivity index (χ2v) is 11.5. The van der Waals surface area contributed by atoms with Gasteiger partial charge in [-0.3, -0.25) is 4.79 Å². The summed E-state index contributed by atoms with van der Waals surface area (Å²) in [5.74, 6) is -3.17. The van der Waals surface area contributed by atoms with Gasteiger partial charge in [0.2, 0.25) is 0 Å². The Morgan fingerprint density at radius 2 is 1.97 bits per heavy atom. The highest BCUT2D eigenvalue weighted by molar-refractivity contribution is 7.94. The molecule has 1 amide bonds. The van der Waals surface area contributed by atoms with Gasteiger partial charge in [0.25, 0.3) is 11.8 Å². The number of benzene rings is 1. The van der Waals surface area contributed by atoms with E-state index in [1.165, 1.54) is 12.1 Å². The Balaban J connectivity index is 1.81. The monoisotopic (exact) mass is 498 g/mol. The molecule has 0 spiro atoms. The lowest BCUT2D eigenvalue weighted by atomic mass is 10.2. The van der Waals surface area contributed by atoms with Crippen molar-refractivity contribution in [3.8, 4) is 11.5 Å². The molecule has 1 fully saturated rings. The molecular formula is C23H28F2N2O4S2. The Morgan fingerprint density at radius 3 is 2.55 bits per heavy atom. The molecule has 1 aromatic carbocycles. The number of hydrogen-bond acceptors (Lipinski definition) is 6. The van der Waals surface area contributed by atoms with Crippen LogP contribution in [0.2, 0.25) is 0 Å². The van der Waals surface area contributed by atoms with Crippen LogP contribution in [0.3, 0.4) is 0 Å². The lowest BCUT2D eigenvalue weighted by Crippen LogP contribution is -2.35. The Morgan fingerprint density at radius 1 is 1.30 bits per heavy atom. The van der Waals surface area contributed by atoms with Crippen molar-refractivity contribution < 1.29 is 26.7 Å². The van der Waals surface area contributed by atoms with E-state index in [9.17, 15) is 22.0 Å². The number of nitrogens with one attached hydrogen (secondary N) is 1. The summed E-state index contributed by atoms with van der Waals surface area (Å²) in [4.78, 5) is 14.6. The largest absolute Gasteiger partial charge is 0.456 e. The van der Waals surface area contributed by atoms with Gasteiger partial charge in [0.1, 0.15) is 10.6 Å².